The summed E-state index contributed by atoms with van der Waals surface area (Å²) in [5.74, 6) is -0.120. The lowest BCUT2D eigenvalue weighted by Crippen LogP contribution is -2.45. The monoisotopic (exact) mass is 463 g/mol. The van der Waals surface area contributed by atoms with Crippen LogP contribution >= 0.6 is 0 Å². The van der Waals surface area contributed by atoms with E-state index in [0.717, 1.165) is 45.6 Å². The number of benzene rings is 3. The van der Waals surface area contributed by atoms with Gasteiger partial charge in [0.2, 0.25) is 0 Å². The quantitative estimate of drug-likeness (QED) is 0.511. The van der Waals surface area contributed by atoms with E-state index in [-0.39, 0.29) is 18.3 Å². The molecule has 1 aliphatic rings. The summed E-state index contributed by atoms with van der Waals surface area (Å²) in [4.78, 5) is 12.7. The van der Waals surface area contributed by atoms with E-state index in [2.05, 4.69) is 10.6 Å². The molecule has 0 aromatic heterocycles. The summed E-state index contributed by atoms with van der Waals surface area (Å²) in [7, 11) is 1.51. The predicted octanol–water partition coefficient (Wildman–Crippen LogP) is 4.17. The molecule has 0 aliphatic carbocycles. The number of nitrogens with two attached hydrogens (primary N) is 1. The first-order valence-corrected chi connectivity index (χ1v) is 11.3. The molecule has 7 heteroatoms. The Bertz CT molecular complexity index is 1210. The summed E-state index contributed by atoms with van der Waals surface area (Å²) >= 11 is 0. The zero-order chi connectivity index (χ0) is 24.2. The van der Waals surface area contributed by atoms with Crippen LogP contribution in [0.4, 0.5) is 10.1 Å². The highest BCUT2D eigenvalue weighted by molar-refractivity contribution is 5.96. The molecule has 4 rings (SSSR count). The number of halogens is 1. The van der Waals surface area contributed by atoms with Crippen molar-refractivity contribution in [3.63, 3.8) is 0 Å². The van der Waals surface area contributed by atoms with E-state index in [1.165, 1.54) is 13.2 Å². The molecule has 0 unspecified atom stereocenters. The third-order valence-electron chi connectivity index (χ3n) is 6.33. The number of morpholine rings is 1. The molecule has 0 bridgehead atoms. The number of amides is 1. The fourth-order valence-corrected chi connectivity index (χ4v) is 4.40. The molecular formula is C27H30FN3O3. The number of hydrogen-bond acceptors (Lipinski definition) is 5. The van der Waals surface area contributed by atoms with E-state index < -0.39 is 6.10 Å². The highest BCUT2D eigenvalue weighted by atomic mass is 19.1. The van der Waals surface area contributed by atoms with Gasteiger partial charge in [-0.05, 0) is 65.4 Å². The summed E-state index contributed by atoms with van der Waals surface area (Å²) in [6, 6.07) is 15.1. The number of carbonyl (C=O) groups excluding carboxylic acids is 1. The summed E-state index contributed by atoms with van der Waals surface area (Å²) in [5, 5.41) is 6.18. The van der Waals surface area contributed by atoms with Crippen molar-refractivity contribution >= 4 is 11.6 Å². The second kappa shape index (κ2) is 10.3. The summed E-state index contributed by atoms with van der Waals surface area (Å²) < 4.78 is 25.7. The van der Waals surface area contributed by atoms with Gasteiger partial charge >= 0.3 is 0 Å². The van der Waals surface area contributed by atoms with Gasteiger partial charge in [-0.1, -0.05) is 30.3 Å². The molecule has 1 amide bonds. The molecular weight excluding hydrogens is 433 g/mol. The number of methoxy groups -OCH3 is 1. The van der Waals surface area contributed by atoms with Gasteiger partial charge < -0.3 is 25.8 Å². The van der Waals surface area contributed by atoms with Crippen molar-refractivity contribution in [1.29, 1.82) is 0 Å². The maximum atomic E-state index is 14.7. The molecule has 1 atom stereocenters. The van der Waals surface area contributed by atoms with Crippen LogP contribution in [0.2, 0.25) is 0 Å². The van der Waals surface area contributed by atoms with Gasteiger partial charge in [-0.2, -0.15) is 0 Å². The number of ether oxygens (including phenoxy) is 2. The average Bonchev–Trinajstić information content (AvgIpc) is 2.85. The van der Waals surface area contributed by atoms with E-state index in [1.807, 2.05) is 56.3 Å². The number of hydrogen-bond donors (Lipinski definition) is 3. The van der Waals surface area contributed by atoms with Crippen molar-refractivity contribution in [3.05, 3.63) is 71.0 Å². The Morgan fingerprint density at radius 3 is 2.53 bits per heavy atom. The van der Waals surface area contributed by atoms with Gasteiger partial charge in [0.25, 0.3) is 5.91 Å². The zero-order valence-corrected chi connectivity index (χ0v) is 19.7. The molecule has 178 valence electrons. The highest BCUT2D eigenvalue weighted by Gasteiger charge is 2.23. The first-order valence-electron chi connectivity index (χ1n) is 11.3. The van der Waals surface area contributed by atoms with Gasteiger partial charge in [-0.15, -0.1) is 0 Å². The lowest BCUT2D eigenvalue weighted by Gasteiger charge is -2.23. The summed E-state index contributed by atoms with van der Waals surface area (Å²) in [6.45, 7) is 5.82. The minimum absolute atomic E-state index is 0.0635. The van der Waals surface area contributed by atoms with E-state index in [9.17, 15) is 9.18 Å². The van der Waals surface area contributed by atoms with Crippen LogP contribution in [0.25, 0.3) is 22.3 Å². The smallest absolute Gasteiger partial charge is 0.254 e. The molecule has 1 saturated heterocycles. The zero-order valence-electron chi connectivity index (χ0n) is 19.7. The minimum atomic E-state index is -0.511. The van der Waals surface area contributed by atoms with Crippen molar-refractivity contribution in [2.75, 3.05) is 32.1 Å². The van der Waals surface area contributed by atoms with Gasteiger partial charge in [-0.3, -0.25) is 4.79 Å². The van der Waals surface area contributed by atoms with E-state index in [0.29, 0.717) is 24.5 Å². The van der Waals surface area contributed by atoms with Gasteiger partial charge in [0.15, 0.2) is 0 Å². The standard InChI is InChI=1S/C27H30FN3O3/c1-16-19(18-12-23(28)22(14-29)25(13-18)33-3)6-4-7-20(16)21-8-5-9-24(17(21)2)31-27(32)26-15-30-10-11-34-26/h4-9,12-13,26,30H,10-11,14-15,29H2,1-3H3,(H,31,32)/t26-/m0/s1. The number of carbonyl (C=O) groups is 1. The SMILES string of the molecule is COc1cc(-c2cccc(-c3cccc(NC(=O)[C@@H]4CNCCO4)c3C)c2C)cc(F)c1CN. The van der Waals surface area contributed by atoms with E-state index in [4.69, 9.17) is 15.2 Å². The molecule has 0 saturated carbocycles. The van der Waals surface area contributed by atoms with Gasteiger partial charge in [0.1, 0.15) is 17.7 Å². The van der Waals surface area contributed by atoms with Crippen molar-refractivity contribution in [2.24, 2.45) is 5.73 Å². The van der Waals surface area contributed by atoms with Crippen LogP contribution < -0.4 is 21.1 Å². The highest BCUT2D eigenvalue weighted by Crippen LogP contribution is 2.37. The molecule has 3 aromatic carbocycles. The summed E-state index contributed by atoms with van der Waals surface area (Å²) in [5.41, 5.74) is 12.3. The normalized spacial score (nSPS) is 15.7. The first-order chi connectivity index (χ1) is 16.4. The average molecular weight is 464 g/mol. The van der Waals surface area contributed by atoms with Gasteiger partial charge in [-0.25, -0.2) is 4.39 Å². The Hall–Kier alpha value is -3.26. The van der Waals surface area contributed by atoms with Crippen molar-refractivity contribution in [1.82, 2.24) is 5.32 Å². The molecule has 6 nitrogen and oxygen atoms in total. The summed E-state index contributed by atoms with van der Waals surface area (Å²) in [6.07, 6.45) is -0.511. The van der Waals surface area contributed by atoms with E-state index in [1.54, 1.807) is 0 Å². The van der Waals surface area contributed by atoms with Crippen molar-refractivity contribution < 1.29 is 18.7 Å². The molecule has 3 aromatic rings. The second-order valence-electron chi connectivity index (χ2n) is 8.35. The fraction of sp³-hybridized carbons (Fsp3) is 0.296. The lowest BCUT2D eigenvalue weighted by atomic mass is 9.90. The number of anilines is 1. The van der Waals surface area contributed by atoms with Gasteiger partial charge in [0.05, 0.1) is 13.7 Å². The van der Waals surface area contributed by atoms with Crippen LogP contribution in [-0.2, 0) is 16.1 Å². The topological polar surface area (TPSA) is 85.6 Å². The molecule has 1 fully saturated rings. The van der Waals surface area contributed by atoms with E-state index >= 15 is 0 Å². The maximum Gasteiger partial charge on any atom is 0.254 e. The second-order valence-corrected chi connectivity index (χ2v) is 8.35. The Kier molecular flexibility index (Phi) is 7.26. The maximum absolute atomic E-state index is 14.7. The third-order valence-corrected chi connectivity index (χ3v) is 6.33. The van der Waals surface area contributed by atoms with Crippen LogP contribution in [-0.4, -0.2) is 38.8 Å². The Labute approximate surface area is 199 Å². The van der Waals surface area contributed by atoms with Crippen molar-refractivity contribution in [2.45, 2.75) is 26.5 Å². The lowest BCUT2D eigenvalue weighted by molar-refractivity contribution is -0.128. The molecule has 34 heavy (non-hydrogen) atoms. The fourth-order valence-electron chi connectivity index (χ4n) is 4.40. The molecule has 1 heterocycles. The van der Waals surface area contributed by atoms with Crippen LogP contribution in [0.5, 0.6) is 5.75 Å². The molecule has 1 aliphatic heterocycles. The van der Waals surface area contributed by atoms with Crippen LogP contribution in [0, 0.1) is 19.7 Å². The van der Waals surface area contributed by atoms with Crippen LogP contribution in [0.1, 0.15) is 16.7 Å². The van der Waals surface area contributed by atoms with Gasteiger partial charge in [0, 0.05) is 30.9 Å². The van der Waals surface area contributed by atoms with Crippen LogP contribution in [0.15, 0.2) is 48.5 Å². The Morgan fingerprint density at radius 1 is 1.15 bits per heavy atom. The third kappa shape index (κ3) is 4.68. The number of nitrogens with one attached hydrogen (secondary N) is 2. The number of rotatable bonds is 6. The minimum Gasteiger partial charge on any atom is -0.496 e. The van der Waals surface area contributed by atoms with Crippen molar-refractivity contribution in [3.8, 4) is 28.0 Å². The Balaban J connectivity index is 1.70. The van der Waals surface area contributed by atoms with Crippen LogP contribution in [0.3, 0.4) is 0 Å². The predicted molar refractivity (Wildman–Crippen MR) is 132 cm³/mol. The Morgan fingerprint density at radius 2 is 1.85 bits per heavy atom. The molecule has 0 radical (unpaired) electrons. The molecule has 4 N–H and O–H groups in total. The largest absolute Gasteiger partial charge is 0.496 e. The molecule has 0 spiro atoms. The first kappa shape index (κ1) is 23.9.